The Bertz CT molecular complexity index is 1730. The van der Waals surface area contributed by atoms with Crippen LogP contribution >= 0.6 is 23.1 Å². The lowest BCUT2D eigenvalue weighted by molar-refractivity contribution is 0.0948. The van der Waals surface area contributed by atoms with Gasteiger partial charge in [0.05, 0.1) is 5.75 Å². The van der Waals surface area contributed by atoms with E-state index in [1.54, 1.807) is 24.2 Å². The molecule has 214 valence electrons. The summed E-state index contributed by atoms with van der Waals surface area (Å²) < 4.78 is 2.05. The first-order valence-electron chi connectivity index (χ1n) is 14.0. The monoisotopic (exact) mass is 602 g/mol. The lowest BCUT2D eigenvalue weighted by Crippen LogP contribution is -2.26. The number of carbonyl (C=O) groups excluding carboxylic acids is 1. The van der Waals surface area contributed by atoms with Crippen molar-refractivity contribution in [2.75, 3.05) is 6.54 Å². The lowest BCUT2D eigenvalue weighted by Gasteiger charge is -2.18. The molecule has 1 amide bonds. The molecular formula is C34H30N6OS2. The van der Waals surface area contributed by atoms with Gasteiger partial charge in [-0.3, -0.25) is 14.3 Å². The number of thioether (sulfide) groups is 1. The highest BCUT2D eigenvalue weighted by Crippen LogP contribution is 2.31. The van der Waals surface area contributed by atoms with E-state index in [-0.39, 0.29) is 11.8 Å². The summed E-state index contributed by atoms with van der Waals surface area (Å²) in [6, 6.07) is 33.0. The van der Waals surface area contributed by atoms with Crippen LogP contribution < -0.4 is 5.32 Å². The number of nitrogens with one attached hydrogen (secondary N) is 1. The molecule has 7 nitrogen and oxygen atoms in total. The summed E-state index contributed by atoms with van der Waals surface area (Å²) in [5, 5.41) is 15.5. The summed E-state index contributed by atoms with van der Waals surface area (Å²) in [5.41, 5.74) is 6.01. The van der Waals surface area contributed by atoms with Gasteiger partial charge in [0.25, 0.3) is 5.91 Å². The van der Waals surface area contributed by atoms with E-state index in [0.717, 1.165) is 33.7 Å². The standard InChI is InChI=1S/C34H30N6OS2/c1-24-12-14-28(15-13-24)40-32(27-16-19-35-20-17-27)38-39-34(40)43-23-31-37-30(22-42-31)33(41)36-21-18-29(25-8-4-2-5-9-25)26-10-6-3-7-11-26/h2-17,19-20,22,29H,18,21,23H2,1H3,(H,36,41). The number of aromatic nitrogens is 5. The Kier molecular flexibility index (Phi) is 9.01. The fraction of sp³-hybridized carbons (Fsp3) is 0.147. The van der Waals surface area contributed by atoms with Crippen LogP contribution in [-0.4, -0.2) is 37.2 Å². The molecule has 3 aromatic carbocycles. The molecule has 0 saturated heterocycles. The van der Waals surface area contributed by atoms with Crippen molar-refractivity contribution < 1.29 is 4.79 Å². The van der Waals surface area contributed by atoms with Crippen molar-refractivity contribution in [2.45, 2.75) is 30.2 Å². The second-order valence-electron chi connectivity index (χ2n) is 10.0. The van der Waals surface area contributed by atoms with Crippen LogP contribution in [0.25, 0.3) is 17.1 Å². The van der Waals surface area contributed by atoms with Gasteiger partial charge < -0.3 is 5.32 Å². The van der Waals surface area contributed by atoms with Gasteiger partial charge in [-0.15, -0.1) is 21.5 Å². The van der Waals surface area contributed by atoms with Crippen LogP contribution in [0.3, 0.4) is 0 Å². The molecule has 0 aliphatic heterocycles. The fourth-order valence-corrected chi connectivity index (χ4v) is 6.65. The second kappa shape index (κ2) is 13.6. The highest BCUT2D eigenvalue weighted by molar-refractivity contribution is 7.98. The molecule has 3 aromatic heterocycles. The topological polar surface area (TPSA) is 85.6 Å². The molecule has 6 aromatic rings. The SMILES string of the molecule is Cc1ccc(-n2c(SCc3nc(C(=O)NCCC(c4ccccc4)c4ccccc4)cs3)nnc2-c2ccncc2)cc1. The number of thiazole rings is 1. The van der Waals surface area contributed by atoms with Gasteiger partial charge in [-0.05, 0) is 48.7 Å². The van der Waals surface area contributed by atoms with Crippen LogP contribution in [0.4, 0.5) is 0 Å². The third kappa shape index (κ3) is 6.90. The highest BCUT2D eigenvalue weighted by Gasteiger charge is 2.19. The Hall–Kier alpha value is -4.60. The molecule has 0 spiro atoms. The van der Waals surface area contributed by atoms with E-state index in [1.807, 2.05) is 29.6 Å². The predicted octanol–water partition coefficient (Wildman–Crippen LogP) is 7.34. The van der Waals surface area contributed by atoms with Crippen molar-refractivity contribution in [2.24, 2.45) is 0 Å². The zero-order chi connectivity index (χ0) is 29.4. The van der Waals surface area contributed by atoms with Crippen LogP contribution in [0, 0.1) is 6.92 Å². The molecule has 6 rings (SSSR count). The van der Waals surface area contributed by atoms with Crippen molar-refractivity contribution in [1.82, 2.24) is 30.0 Å². The Balaban J connectivity index is 1.11. The summed E-state index contributed by atoms with van der Waals surface area (Å²) in [6.07, 6.45) is 4.30. The van der Waals surface area contributed by atoms with Gasteiger partial charge >= 0.3 is 0 Å². The molecule has 3 heterocycles. The van der Waals surface area contributed by atoms with Crippen LogP contribution in [0.15, 0.2) is 120 Å². The Labute approximate surface area is 259 Å². The number of benzene rings is 3. The molecule has 0 saturated carbocycles. The normalized spacial score (nSPS) is 11.1. The van der Waals surface area contributed by atoms with Crippen molar-refractivity contribution >= 4 is 29.0 Å². The number of hydrogen-bond acceptors (Lipinski definition) is 7. The maximum Gasteiger partial charge on any atom is 0.270 e. The van der Waals surface area contributed by atoms with Gasteiger partial charge in [-0.2, -0.15) is 0 Å². The van der Waals surface area contributed by atoms with E-state index in [4.69, 9.17) is 0 Å². The zero-order valence-corrected chi connectivity index (χ0v) is 25.3. The first kappa shape index (κ1) is 28.5. The maximum atomic E-state index is 13.0. The van der Waals surface area contributed by atoms with Crippen LogP contribution in [0.1, 0.15) is 44.5 Å². The smallest absolute Gasteiger partial charge is 0.270 e. The lowest BCUT2D eigenvalue weighted by atomic mass is 9.88. The van der Waals surface area contributed by atoms with Gasteiger partial charge in [0.2, 0.25) is 0 Å². The van der Waals surface area contributed by atoms with Crippen LogP contribution in [0.2, 0.25) is 0 Å². The maximum absolute atomic E-state index is 13.0. The second-order valence-corrected chi connectivity index (χ2v) is 11.9. The number of amides is 1. The van der Waals surface area contributed by atoms with E-state index >= 15 is 0 Å². The molecule has 1 N–H and O–H groups in total. The third-order valence-electron chi connectivity index (χ3n) is 7.10. The van der Waals surface area contributed by atoms with E-state index in [1.165, 1.54) is 28.0 Å². The minimum atomic E-state index is -0.157. The number of pyridine rings is 1. The number of nitrogens with zero attached hydrogens (tertiary/aromatic N) is 5. The van der Waals surface area contributed by atoms with Crippen molar-refractivity contribution in [3.05, 3.63) is 142 Å². The molecule has 0 aliphatic carbocycles. The highest BCUT2D eigenvalue weighted by atomic mass is 32.2. The van der Waals surface area contributed by atoms with Gasteiger partial charge in [-0.1, -0.05) is 90.1 Å². The molecule has 0 atom stereocenters. The molecule has 9 heteroatoms. The number of rotatable bonds is 11. The van der Waals surface area contributed by atoms with E-state index in [0.29, 0.717) is 18.0 Å². The van der Waals surface area contributed by atoms with Gasteiger partial charge in [0, 0.05) is 41.5 Å². The zero-order valence-electron chi connectivity index (χ0n) is 23.6. The summed E-state index contributed by atoms with van der Waals surface area (Å²) in [4.78, 5) is 21.8. The number of carbonyl (C=O) groups is 1. The largest absolute Gasteiger partial charge is 0.351 e. The summed E-state index contributed by atoms with van der Waals surface area (Å²) in [7, 11) is 0. The summed E-state index contributed by atoms with van der Waals surface area (Å²) in [6.45, 7) is 2.61. The Morgan fingerprint density at radius 2 is 1.56 bits per heavy atom. The van der Waals surface area contributed by atoms with Crippen molar-refractivity contribution in [3.63, 3.8) is 0 Å². The summed E-state index contributed by atoms with van der Waals surface area (Å²) >= 11 is 3.03. The minimum absolute atomic E-state index is 0.157. The Morgan fingerprint density at radius 1 is 0.884 bits per heavy atom. The molecular weight excluding hydrogens is 573 g/mol. The molecule has 0 fully saturated rings. The molecule has 43 heavy (non-hydrogen) atoms. The van der Waals surface area contributed by atoms with Gasteiger partial charge in [-0.25, -0.2) is 4.98 Å². The molecule has 0 bridgehead atoms. The van der Waals surface area contributed by atoms with E-state index in [9.17, 15) is 4.79 Å². The third-order valence-corrected chi connectivity index (χ3v) is 9.07. The van der Waals surface area contributed by atoms with Crippen LogP contribution in [-0.2, 0) is 5.75 Å². The van der Waals surface area contributed by atoms with Crippen molar-refractivity contribution in [3.8, 4) is 17.1 Å². The quantitative estimate of drug-likeness (QED) is 0.156. The number of aryl methyl sites for hydroxylation is 1. The van der Waals surface area contributed by atoms with Gasteiger partial charge in [0.15, 0.2) is 11.0 Å². The Morgan fingerprint density at radius 3 is 2.23 bits per heavy atom. The predicted molar refractivity (Wildman–Crippen MR) is 173 cm³/mol. The first-order valence-corrected chi connectivity index (χ1v) is 15.9. The molecule has 0 aliphatic rings. The average Bonchev–Trinajstić information content (AvgIpc) is 3.71. The molecule has 0 unspecified atom stereocenters. The van der Waals surface area contributed by atoms with E-state index < -0.39 is 0 Å². The van der Waals surface area contributed by atoms with Gasteiger partial charge in [0.1, 0.15) is 10.7 Å². The van der Waals surface area contributed by atoms with Crippen LogP contribution in [0.5, 0.6) is 0 Å². The number of hydrogen-bond donors (Lipinski definition) is 1. The minimum Gasteiger partial charge on any atom is -0.351 e. The fourth-order valence-electron chi connectivity index (χ4n) is 4.90. The average molecular weight is 603 g/mol. The molecule has 0 radical (unpaired) electrons. The summed E-state index contributed by atoms with van der Waals surface area (Å²) in [5.74, 6) is 1.36. The van der Waals surface area contributed by atoms with Crippen molar-refractivity contribution in [1.29, 1.82) is 0 Å². The first-order chi connectivity index (χ1) is 21.2. The van der Waals surface area contributed by atoms with E-state index in [2.05, 4.69) is 110 Å².